The van der Waals surface area contributed by atoms with E-state index in [4.69, 9.17) is 21.4 Å². The number of halogens is 4. The largest absolute Gasteiger partial charge is 0.489 e. The highest BCUT2D eigenvalue weighted by atomic mass is 35.5. The number of alkyl halides is 3. The van der Waals surface area contributed by atoms with Crippen molar-refractivity contribution >= 4 is 29.3 Å². The van der Waals surface area contributed by atoms with Gasteiger partial charge >= 0.3 is 12.1 Å². The zero-order chi connectivity index (χ0) is 26.7. The van der Waals surface area contributed by atoms with Gasteiger partial charge in [-0.05, 0) is 55.0 Å². The van der Waals surface area contributed by atoms with Crippen LogP contribution in [-0.2, 0) is 6.18 Å². The number of carboxylic acid groups (broad SMARTS) is 1. The van der Waals surface area contributed by atoms with Crippen molar-refractivity contribution in [2.75, 3.05) is 18.0 Å². The maximum Gasteiger partial charge on any atom is 0.416 e. The molecule has 0 spiro atoms. The smallest absolute Gasteiger partial charge is 0.416 e. The van der Waals surface area contributed by atoms with Gasteiger partial charge in [-0.25, -0.2) is 9.78 Å². The second-order valence-electron chi connectivity index (χ2n) is 8.64. The van der Waals surface area contributed by atoms with Gasteiger partial charge in [-0.15, -0.1) is 0 Å². The standard InChI is InChI=1S/C26H23ClF3N3O4/c1-15(16-2-4-17(5-3-16)25(35)36)32-24(34)22-12-19(27)13-31-23(22)33-11-10-21(14-33)37-20-8-6-18(7-9-20)26(28,29)30/h2-9,12-13,15,21H,10-11,14H2,1H3,(H,32,34)(H,35,36). The summed E-state index contributed by atoms with van der Waals surface area (Å²) in [5.41, 5.74) is 0.379. The minimum atomic E-state index is -4.42. The lowest BCUT2D eigenvalue weighted by Crippen LogP contribution is -2.31. The van der Waals surface area contributed by atoms with Crippen LogP contribution in [0.2, 0.25) is 5.02 Å². The minimum absolute atomic E-state index is 0.144. The molecule has 7 nitrogen and oxygen atoms in total. The Morgan fingerprint density at radius 3 is 2.46 bits per heavy atom. The monoisotopic (exact) mass is 533 g/mol. The van der Waals surface area contributed by atoms with Crippen molar-refractivity contribution in [3.05, 3.63) is 88.1 Å². The number of nitrogens with zero attached hydrogens (tertiary/aromatic N) is 2. The van der Waals surface area contributed by atoms with Crippen LogP contribution < -0.4 is 15.0 Å². The SMILES string of the molecule is CC(NC(=O)c1cc(Cl)cnc1N1CCC(Oc2ccc(C(F)(F)F)cc2)C1)c1ccc(C(=O)O)cc1. The molecule has 0 bridgehead atoms. The van der Waals surface area contributed by atoms with E-state index < -0.39 is 29.7 Å². The molecule has 37 heavy (non-hydrogen) atoms. The lowest BCUT2D eigenvalue weighted by molar-refractivity contribution is -0.137. The number of hydrogen-bond acceptors (Lipinski definition) is 5. The number of carboxylic acids is 1. The van der Waals surface area contributed by atoms with E-state index in [-0.39, 0.29) is 22.3 Å². The van der Waals surface area contributed by atoms with Gasteiger partial charge in [-0.3, -0.25) is 4.79 Å². The molecular formula is C26H23ClF3N3O4. The molecular weight excluding hydrogens is 511 g/mol. The lowest BCUT2D eigenvalue weighted by atomic mass is 10.1. The molecule has 1 aromatic heterocycles. The number of anilines is 1. The topological polar surface area (TPSA) is 91.8 Å². The lowest BCUT2D eigenvalue weighted by Gasteiger charge is -2.22. The van der Waals surface area contributed by atoms with Crippen LogP contribution in [0.5, 0.6) is 5.75 Å². The van der Waals surface area contributed by atoms with Crippen molar-refractivity contribution in [1.29, 1.82) is 0 Å². The van der Waals surface area contributed by atoms with E-state index in [1.165, 1.54) is 36.5 Å². The minimum Gasteiger partial charge on any atom is -0.489 e. The molecule has 1 aliphatic rings. The van der Waals surface area contributed by atoms with Crippen molar-refractivity contribution < 1.29 is 32.6 Å². The van der Waals surface area contributed by atoms with Crippen LogP contribution in [0.15, 0.2) is 60.8 Å². The molecule has 4 rings (SSSR count). The van der Waals surface area contributed by atoms with Crippen molar-refractivity contribution in [2.45, 2.75) is 31.7 Å². The van der Waals surface area contributed by atoms with Gasteiger partial charge in [0.2, 0.25) is 0 Å². The number of benzene rings is 2. The highest BCUT2D eigenvalue weighted by Gasteiger charge is 2.31. The molecule has 2 unspecified atom stereocenters. The fourth-order valence-corrected chi connectivity index (χ4v) is 4.21. The normalized spacial score (nSPS) is 16.4. The molecule has 2 aromatic carbocycles. The fraction of sp³-hybridized carbons (Fsp3) is 0.269. The molecule has 1 aliphatic heterocycles. The third-order valence-electron chi connectivity index (χ3n) is 6.01. The van der Waals surface area contributed by atoms with Crippen LogP contribution in [0.4, 0.5) is 19.0 Å². The van der Waals surface area contributed by atoms with Crippen molar-refractivity contribution in [2.24, 2.45) is 0 Å². The van der Waals surface area contributed by atoms with Crippen LogP contribution in [0, 0.1) is 0 Å². The number of aromatic carboxylic acids is 1. The summed E-state index contributed by atoms with van der Waals surface area (Å²) in [6.45, 7) is 2.67. The zero-order valence-electron chi connectivity index (χ0n) is 19.6. The molecule has 2 N–H and O–H groups in total. The van der Waals surface area contributed by atoms with E-state index in [1.54, 1.807) is 19.1 Å². The Morgan fingerprint density at radius 1 is 1.16 bits per heavy atom. The summed E-state index contributed by atoms with van der Waals surface area (Å²) >= 11 is 6.13. The number of hydrogen-bond donors (Lipinski definition) is 2. The van der Waals surface area contributed by atoms with Gasteiger partial charge < -0.3 is 20.1 Å². The predicted molar refractivity (Wildman–Crippen MR) is 131 cm³/mol. The second kappa shape index (κ2) is 10.7. The molecule has 2 atom stereocenters. The third-order valence-corrected chi connectivity index (χ3v) is 6.22. The van der Waals surface area contributed by atoms with Crippen molar-refractivity contribution in [1.82, 2.24) is 10.3 Å². The molecule has 0 saturated carbocycles. The number of carbonyl (C=O) groups is 2. The van der Waals surface area contributed by atoms with Crippen LogP contribution in [-0.4, -0.2) is 41.2 Å². The van der Waals surface area contributed by atoms with Gasteiger partial charge in [-0.2, -0.15) is 13.2 Å². The molecule has 0 radical (unpaired) electrons. The first kappa shape index (κ1) is 26.3. The summed E-state index contributed by atoms with van der Waals surface area (Å²) in [5, 5.41) is 12.2. The van der Waals surface area contributed by atoms with E-state index in [2.05, 4.69) is 10.3 Å². The number of carbonyl (C=O) groups excluding carboxylic acids is 1. The number of pyridine rings is 1. The van der Waals surface area contributed by atoms with Gasteiger partial charge in [0.25, 0.3) is 5.91 Å². The third kappa shape index (κ3) is 6.32. The molecule has 194 valence electrons. The average Bonchev–Trinajstić information content (AvgIpc) is 3.32. The molecule has 1 amide bonds. The van der Waals surface area contributed by atoms with E-state index in [1.807, 2.05) is 4.90 Å². The summed E-state index contributed by atoms with van der Waals surface area (Å²) < 4.78 is 44.3. The Morgan fingerprint density at radius 2 is 1.84 bits per heavy atom. The van der Waals surface area contributed by atoms with Crippen LogP contribution in [0.25, 0.3) is 0 Å². The molecule has 1 saturated heterocycles. The van der Waals surface area contributed by atoms with Crippen LogP contribution in [0.1, 0.15) is 51.2 Å². The number of nitrogens with one attached hydrogen (secondary N) is 1. The van der Waals surface area contributed by atoms with Crippen LogP contribution >= 0.6 is 11.6 Å². The van der Waals surface area contributed by atoms with Crippen molar-refractivity contribution in [3.8, 4) is 5.75 Å². The summed E-state index contributed by atoms with van der Waals surface area (Å²) in [4.78, 5) is 30.5. The summed E-state index contributed by atoms with van der Waals surface area (Å²) in [6, 6.07) is 11.8. The molecule has 0 aliphatic carbocycles. The average molecular weight is 534 g/mol. The van der Waals surface area contributed by atoms with Gasteiger partial charge in [0.15, 0.2) is 0 Å². The van der Waals surface area contributed by atoms with E-state index in [0.717, 1.165) is 17.7 Å². The highest BCUT2D eigenvalue weighted by Crippen LogP contribution is 2.31. The molecule has 11 heteroatoms. The number of aromatic nitrogens is 1. The van der Waals surface area contributed by atoms with E-state index in [0.29, 0.717) is 31.1 Å². The van der Waals surface area contributed by atoms with Gasteiger partial charge in [-0.1, -0.05) is 23.7 Å². The maximum atomic E-state index is 13.2. The number of rotatable bonds is 7. The summed E-state index contributed by atoms with van der Waals surface area (Å²) in [5.74, 6) is -0.713. The van der Waals surface area contributed by atoms with Crippen LogP contribution in [0.3, 0.4) is 0 Å². The first-order valence-electron chi connectivity index (χ1n) is 11.4. The Balaban J connectivity index is 1.44. The van der Waals surface area contributed by atoms with Gasteiger partial charge in [0, 0.05) is 19.2 Å². The molecule has 1 fully saturated rings. The predicted octanol–water partition coefficient (Wildman–Crippen LogP) is 5.60. The maximum absolute atomic E-state index is 13.2. The van der Waals surface area contributed by atoms with Crippen molar-refractivity contribution in [3.63, 3.8) is 0 Å². The molecule has 3 aromatic rings. The summed E-state index contributed by atoms with van der Waals surface area (Å²) in [7, 11) is 0. The van der Waals surface area contributed by atoms with E-state index in [9.17, 15) is 22.8 Å². The molecule has 2 heterocycles. The van der Waals surface area contributed by atoms with Gasteiger partial charge in [0.1, 0.15) is 17.7 Å². The first-order valence-corrected chi connectivity index (χ1v) is 11.8. The summed E-state index contributed by atoms with van der Waals surface area (Å²) in [6.07, 6.45) is -2.71. The Kier molecular flexibility index (Phi) is 7.58. The quantitative estimate of drug-likeness (QED) is 0.411. The second-order valence-corrected chi connectivity index (χ2v) is 9.08. The number of amides is 1. The Labute approximate surface area is 215 Å². The zero-order valence-corrected chi connectivity index (χ0v) is 20.4. The number of ether oxygens (including phenoxy) is 1. The Hall–Kier alpha value is -3.79. The first-order chi connectivity index (χ1) is 17.5. The van der Waals surface area contributed by atoms with E-state index >= 15 is 0 Å². The van der Waals surface area contributed by atoms with Gasteiger partial charge in [0.05, 0.1) is 34.3 Å². The highest BCUT2D eigenvalue weighted by molar-refractivity contribution is 6.31. The fourth-order valence-electron chi connectivity index (χ4n) is 4.05. The Bertz CT molecular complexity index is 1280.